The molecule has 0 saturated heterocycles. The maximum Gasteiger partial charge on any atom is 0.219 e. The molecule has 0 bridgehead atoms. The van der Waals surface area contributed by atoms with Gasteiger partial charge in [-0.1, -0.05) is 30.3 Å². The topological polar surface area (TPSA) is 34.1 Å². The highest BCUT2D eigenvalue weighted by Crippen LogP contribution is 2.22. The lowest BCUT2D eigenvalue weighted by atomic mass is 10.2. The molecule has 20 heavy (non-hydrogen) atoms. The van der Waals surface area contributed by atoms with E-state index in [1.54, 1.807) is 0 Å². The molecule has 0 unspecified atom stereocenters. The van der Waals surface area contributed by atoms with E-state index in [9.17, 15) is 0 Å². The van der Waals surface area contributed by atoms with Gasteiger partial charge in [0.25, 0.3) is 0 Å². The van der Waals surface area contributed by atoms with Gasteiger partial charge in [0.15, 0.2) is 0 Å². The third kappa shape index (κ3) is 2.78. The van der Waals surface area contributed by atoms with Crippen LogP contribution in [0, 0.1) is 0 Å². The van der Waals surface area contributed by atoms with E-state index in [1.807, 2.05) is 67.7 Å². The Balaban J connectivity index is 1.81. The number of fused-ring (bicyclic) bond motifs is 1. The van der Waals surface area contributed by atoms with Crippen LogP contribution in [0.3, 0.4) is 0 Å². The van der Waals surface area contributed by atoms with Crippen LogP contribution >= 0.6 is 0 Å². The first-order valence-electron chi connectivity index (χ1n) is 6.62. The molecule has 3 rings (SSSR count). The van der Waals surface area contributed by atoms with Gasteiger partial charge < -0.3 is 10.1 Å². The van der Waals surface area contributed by atoms with Crippen LogP contribution in [0.25, 0.3) is 10.9 Å². The largest absolute Gasteiger partial charge is 0.439 e. The highest BCUT2D eigenvalue weighted by atomic mass is 16.5. The number of pyridine rings is 1. The number of para-hydroxylation sites is 1. The predicted molar refractivity (Wildman–Crippen MR) is 81.0 cm³/mol. The van der Waals surface area contributed by atoms with E-state index in [1.165, 1.54) is 5.56 Å². The Labute approximate surface area is 118 Å². The Morgan fingerprint density at radius 2 is 1.75 bits per heavy atom. The van der Waals surface area contributed by atoms with Gasteiger partial charge in [0, 0.05) is 18.0 Å². The van der Waals surface area contributed by atoms with Crippen LogP contribution in [-0.4, -0.2) is 12.0 Å². The lowest BCUT2D eigenvalue weighted by Gasteiger charge is -2.07. The van der Waals surface area contributed by atoms with E-state index in [4.69, 9.17) is 4.74 Å². The average molecular weight is 264 g/mol. The van der Waals surface area contributed by atoms with Gasteiger partial charge in [0.05, 0.1) is 5.52 Å². The molecule has 3 nitrogen and oxygen atoms in total. The van der Waals surface area contributed by atoms with Gasteiger partial charge >= 0.3 is 0 Å². The van der Waals surface area contributed by atoms with Gasteiger partial charge in [-0.25, -0.2) is 4.98 Å². The van der Waals surface area contributed by atoms with Crippen molar-refractivity contribution in [3.63, 3.8) is 0 Å². The minimum atomic E-state index is 0.616. The van der Waals surface area contributed by atoms with Crippen molar-refractivity contribution in [2.75, 3.05) is 7.05 Å². The van der Waals surface area contributed by atoms with Crippen molar-refractivity contribution >= 4 is 10.9 Å². The smallest absolute Gasteiger partial charge is 0.219 e. The molecule has 0 spiro atoms. The van der Waals surface area contributed by atoms with Crippen molar-refractivity contribution in [3.8, 4) is 11.6 Å². The summed E-state index contributed by atoms with van der Waals surface area (Å²) in [5.41, 5.74) is 2.17. The van der Waals surface area contributed by atoms with Crippen LogP contribution in [-0.2, 0) is 6.54 Å². The summed E-state index contributed by atoms with van der Waals surface area (Å²) in [6.07, 6.45) is 0. The van der Waals surface area contributed by atoms with Gasteiger partial charge in [-0.15, -0.1) is 0 Å². The van der Waals surface area contributed by atoms with Crippen LogP contribution in [0.4, 0.5) is 0 Å². The monoisotopic (exact) mass is 264 g/mol. The van der Waals surface area contributed by atoms with Crippen molar-refractivity contribution in [2.45, 2.75) is 6.54 Å². The molecule has 3 heteroatoms. The van der Waals surface area contributed by atoms with Gasteiger partial charge in [0.2, 0.25) is 5.88 Å². The first kappa shape index (κ1) is 12.6. The highest BCUT2D eigenvalue weighted by Gasteiger charge is 2.01. The molecule has 0 radical (unpaired) electrons. The van der Waals surface area contributed by atoms with E-state index >= 15 is 0 Å². The minimum Gasteiger partial charge on any atom is -0.439 e. The number of hydrogen-bond donors (Lipinski definition) is 1. The Morgan fingerprint density at radius 3 is 2.55 bits per heavy atom. The van der Waals surface area contributed by atoms with Crippen molar-refractivity contribution in [1.29, 1.82) is 0 Å². The van der Waals surface area contributed by atoms with Crippen molar-refractivity contribution in [2.24, 2.45) is 0 Å². The van der Waals surface area contributed by atoms with Crippen molar-refractivity contribution in [1.82, 2.24) is 10.3 Å². The molecule has 0 aliphatic carbocycles. The second-order valence-electron chi connectivity index (χ2n) is 4.62. The summed E-state index contributed by atoms with van der Waals surface area (Å²) in [5.74, 6) is 1.41. The molecule has 0 atom stereocenters. The SMILES string of the molecule is CNCc1ccc(Oc2ccc3ccccc3n2)cc1. The first-order chi connectivity index (χ1) is 9.85. The van der Waals surface area contributed by atoms with Gasteiger partial charge in [-0.05, 0) is 36.9 Å². The molecule has 0 aliphatic rings. The molecule has 0 fully saturated rings. The molecule has 1 N–H and O–H groups in total. The van der Waals surface area contributed by atoms with Gasteiger partial charge in [-0.3, -0.25) is 0 Å². The molecule has 2 aromatic carbocycles. The normalized spacial score (nSPS) is 10.7. The summed E-state index contributed by atoms with van der Waals surface area (Å²) in [7, 11) is 1.93. The number of benzene rings is 2. The van der Waals surface area contributed by atoms with Crippen LogP contribution in [0.2, 0.25) is 0 Å². The Bertz CT molecular complexity index is 708. The van der Waals surface area contributed by atoms with Gasteiger partial charge in [-0.2, -0.15) is 0 Å². The van der Waals surface area contributed by atoms with E-state index in [0.29, 0.717) is 5.88 Å². The molecular formula is C17H16N2O. The molecule has 100 valence electrons. The molecular weight excluding hydrogens is 248 g/mol. The summed E-state index contributed by atoms with van der Waals surface area (Å²) in [6, 6.07) is 19.9. The van der Waals surface area contributed by atoms with E-state index in [0.717, 1.165) is 23.2 Å². The van der Waals surface area contributed by atoms with Crippen LogP contribution < -0.4 is 10.1 Å². The average Bonchev–Trinajstić information content (AvgIpc) is 2.49. The maximum atomic E-state index is 5.79. The number of ether oxygens (including phenoxy) is 1. The molecule has 0 aliphatic heterocycles. The molecule has 1 heterocycles. The number of aromatic nitrogens is 1. The fraction of sp³-hybridized carbons (Fsp3) is 0.118. The van der Waals surface area contributed by atoms with Crippen LogP contribution in [0.15, 0.2) is 60.7 Å². The first-order valence-corrected chi connectivity index (χ1v) is 6.62. The summed E-state index contributed by atoms with van der Waals surface area (Å²) >= 11 is 0. The van der Waals surface area contributed by atoms with E-state index < -0.39 is 0 Å². The quantitative estimate of drug-likeness (QED) is 0.779. The molecule has 0 saturated carbocycles. The maximum absolute atomic E-state index is 5.79. The third-order valence-electron chi connectivity index (χ3n) is 3.10. The fourth-order valence-corrected chi connectivity index (χ4v) is 2.10. The molecule has 1 aromatic heterocycles. The number of nitrogens with zero attached hydrogens (tertiary/aromatic N) is 1. The summed E-state index contributed by atoms with van der Waals surface area (Å²) in [6.45, 7) is 0.856. The van der Waals surface area contributed by atoms with Gasteiger partial charge in [0.1, 0.15) is 5.75 Å². The van der Waals surface area contributed by atoms with Crippen molar-refractivity contribution < 1.29 is 4.74 Å². The zero-order chi connectivity index (χ0) is 13.8. The molecule has 0 amide bonds. The summed E-state index contributed by atoms with van der Waals surface area (Å²) in [5, 5.41) is 4.24. The Morgan fingerprint density at radius 1 is 0.950 bits per heavy atom. The number of hydrogen-bond acceptors (Lipinski definition) is 3. The summed E-state index contributed by atoms with van der Waals surface area (Å²) < 4.78 is 5.79. The predicted octanol–water partition coefficient (Wildman–Crippen LogP) is 3.75. The lowest BCUT2D eigenvalue weighted by Crippen LogP contribution is -2.04. The Hall–Kier alpha value is -2.39. The lowest BCUT2D eigenvalue weighted by molar-refractivity contribution is 0.465. The second-order valence-corrected chi connectivity index (χ2v) is 4.62. The van der Waals surface area contributed by atoms with Crippen molar-refractivity contribution in [3.05, 3.63) is 66.2 Å². The van der Waals surface area contributed by atoms with E-state index in [-0.39, 0.29) is 0 Å². The third-order valence-corrected chi connectivity index (χ3v) is 3.10. The number of nitrogens with one attached hydrogen (secondary N) is 1. The summed E-state index contributed by atoms with van der Waals surface area (Å²) in [4.78, 5) is 4.49. The fourth-order valence-electron chi connectivity index (χ4n) is 2.10. The zero-order valence-corrected chi connectivity index (χ0v) is 11.3. The number of rotatable bonds is 4. The highest BCUT2D eigenvalue weighted by molar-refractivity contribution is 5.78. The standard InChI is InChI=1S/C17H16N2O/c1-18-12-13-6-9-15(10-7-13)20-17-11-8-14-4-2-3-5-16(14)19-17/h2-11,18H,12H2,1H3. The minimum absolute atomic E-state index is 0.616. The zero-order valence-electron chi connectivity index (χ0n) is 11.3. The van der Waals surface area contributed by atoms with Crippen LogP contribution in [0.5, 0.6) is 11.6 Å². The second kappa shape index (κ2) is 5.72. The van der Waals surface area contributed by atoms with Crippen LogP contribution in [0.1, 0.15) is 5.56 Å². The Kier molecular flexibility index (Phi) is 3.61. The molecule has 3 aromatic rings. The van der Waals surface area contributed by atoms with E-state index in [2.05, 4.69) is 10.3 Å².